The van der Waals surface area contributed by atoms with Gasteiger partial charge < -0.3 is 9.63 Å². The van der Waals surface area contributed by atoms with E-state index in [1.54, 1.807) is 0 Å². The first-order chi connectivity index (χ1) is 8.55. The van der Waals surface area contributed by atoms with Gasteiger partial charge in [0.2, 0.25) is 0 Å². The standard InChI is InChI=1S/C13H20N2O3/c1-3-13(12(16)17)4-6-15(7-5-13)9-11-8-10(2)14-18-11/h8H,3-7,9H2,1-2H3,(H,16,17). The predicted molar refractivity (Wildman–Crippen MR) is 66.1 cm³/mol. The fourth-order valence-corrected chi connectivity index (χ4v) is 2.57. The van der Waals surface area contributed by atoms with Gasteiger partial charge in [-0.1, -0.05) is 12.1 Å². The van der Waals surface area contributed by atoms with Crippen molar-refractivity contribution in [3.05, 3.63) is 17.5 Å². The summed E-state index contributed by atoms with van der Waals surface area (Å²) in [4.78, 5) is 13.6. The van der Waals surface area contributed by atoms with Gasteiger partial charge in [-0.2, -0.15) is 0 Å². The SMILES string of the molecule is CCC1(C(=O)O)CCN(Cc2cc(C)no2)CC1. The van der Waals surface area contributed by atoms with Crippen molar-refractivity contribution in [2.24, 2.45) is 5.41 Å². The lowest BCUT2D eigenvalue weighted by atomic mass is 9.76. The van der Waals surface area contributed by atoms with Crippen molar-refractivity contribution < 1.29 is 14.4 Å². The molecule has 1 aliphatic heterocycles. The molecule has 1 aliphatic rings. The zero-order valence-corrected chi connectivity index (χ0v) is 11.0. The number of carboxylic acids is 1. The minimum atomic E-state index is -0.653. The average molecular weight is 252 g/mol. The lowest BCUT2D eigenvalue weighted by Crippen LogP contribution is -2.43. The summed E-state index contributed by atoms with van der Waals surface area (Å²) in [5.74, 6) is 0.201. The number of aliphatic carboxylic acids is 1. The smallest absolute Gasteiger partial charge is 0.309 e. The van der Waals surface area contributed by atoms with Crippen LogP contribution in [0.4, 0.5) is 0 Å². The van der Waals surface area contributed by atoms with Crippen LogP contribution in [-0.4, -0.2) is 34.2 Å². The van der Waals surface area contributed by atoms with Crippen molar-refractivity contribution in [1.82, 2.24) is 10.1 Å². The molecule has 0 bridgehead atoms. The van der Waals surface area contributed by atoms with Crippen LogP contribution >= 0.6 is 0 Å². The van der Waals surface area contributed by atoms with Gasteiger partial charge in [-0.25, -0.2) is 0 Å². The van der Waals surface area contributed by atoms with Crippen LogP contribution in [0.5, 0.6) is 0 Å². The molecule has 1 aromatic heterocycles. The van der Waals surface area contributed by atoms with Gasteiger partial charge in [0, 0.05) is 6.07 Å². The number of aromatic nitrogens is 1. The summed E-state index contributed by atoms with van der Waals surface area (Å²) in [5, 5.41) is 13.2. The quantitative estimate of drug-likeness (QED) is 0.888. The van der Waals surface area contributed by atoms with Gasteiger partial charge in [0.25, 0.3) is 0 Å². The van der Waals surface area contributed by atoms with E-state index in [-0.39, 0.29) is 0 Å². The molecule has 0 radical (unpaired) electrons. The summed E-state index contributed by atoms with van der Waals surface area (Å²) < 4.78 is 5.18. The Hall–Kier alpha value is -1.36. The van der Waals surface area contributed by atoms with E-state index in [1.165, 1.54) is 0 Å². The Morgan fingerprint density at radius 2 is 2.22 bits per heavy atom. The van der Waals surface area contributed by atoms with Crippen molar-refractivity contribution in [3.8, 4) is 0 Å². The molecule has 1 aromatic rings. The number of aryl methyl sites for hydroxylation is 1. The van der Waals surface area contributed by atoms with Gasteiger partial charge in [-0.3, -0.25) is 9.69 Å². The van der Waals surface area contributed by atoms with Crippen molar-refractivity contribution in [2.45, 2.75) is 39.7 Å². The van der Waals surface area contributed by atoms with E-state index >= 15 is 0 Å². The predicted octanol–water partition coefficient (Wildman–Crippen LogP) is 2.06. The molecule has 2 rings (SSSR count). The van der Waals surface area contributed by atoms with Crippen LogP contribution in [0, 0.1) is 12.3 Å². The summed E-state index contributed by atoms with van der Waals surface area (Å²) in [7, 11) is 0. The topological polar surface area (TPSA) is 66.6 Å². The van der Waals surface area contributed by atoms with E-state index in [0.29, 0.717) is 19.3 Å². The molecular weight excluding hydrogens is 232 g/mol. The number of hydrogen-bond acceptors (Lipinski definition) is 4. The molecule has 1 saturated heterocycles. The van der Waals surface area contributed by atoms with Crippen molar-refractivity contribution in [3.63, 3.8) is 0 Å². The second-order valence-electron chi connectivity index (χ2n) is 5.15. The van der Waals surface area contributed by atoms with E-state index in [9.17, 15) is 9.90 Å². The Balaban J connectivity index is 1.92. The Kier molecular flexibility index (Phi) is 3.71. The number of likely N-dealkylation sites (tertiary alicyclic amines) is 1. The Bertz CT molecular complexity index is 420. The summed E-state index contributed by atoms with van der Waals surface area (Å²) in [6, 6.07) is 1.93. The fourth-order valence-electron chi connectivity index (χ4n) is 2.57. The maximum Gasteiger partial charge on any atom is 0.309 e. The second kappa shape index (κ2) is 5.10. The van der Waals surface area contributed by atoms with E-state index in [2.05, 4.69) is 10.1 Å². The maximum atomic E-state index is 11.3. The Morgan fingerprint density at radius 1 is 1.56 bits per heavy atom. The van der Waals surface area contributed by atoms with Gasteiger partial charge in [0.05, 0.1) is 17.7 Å². The molecule has 0 saturated carbocycles. The molecule has 0 amide bonds. The largest absolute Gasteiger partial charge is 0.481 e. The molecule has 5 heteroatoms. The highest BCUT2D eigenvalue weighted by molar-refractivity contribution is 5.74. The zero-order chi connectivity index (χ0) is 13.2. The Labute approximate surface area is 107 Å². The molecule has 0 unspecified atom stereocenters. The molecule has 1 fully saturated rings. The molecule has 0 aromatic carbocycles. The van der Waals surface area contributed by atoms with E-state index in [4.69, 9.17) is 4.52 Å². The third-order valence-corrected chi connectivity index (χ3v) is 4.00. The fraction of sp³-hybridized carbons (Fsp3) is 0.692. The molecule has 100 valence electrons. The van der Waals surface area contributed by atoms with Crippen LogP contribution in [0.2, 0.25) is 0 Å². The van der Waals surface area contributed by atoms with E-state index < -0.39 is 11.4 Å². The number of piperidine rings is 1. The lowest BCUT2D eigenvalue weighted by molar-refractivity contribution is -0.152. The first kappa shape index (κ1) is 13.1. The first-order valence-electron chi connectivity index (χ1n) is 6.44. The molecule has 0 aliphatic carbocycles. The minimum absolute atomic E-state index is 0.520. The molecule has 0 atom stereocenters. The monoisotopic (exact) mass is 252 g/mol. The summed E-state index contributed by atoms with van der Waals surface area (Å²) >= 11 is 0. The van der Waals surface area contributed by atoms with Crippen LogP contribution < -0.4 is 0 Å². The van der Waals surface area contributed by atoms with Crippen molar-refractivity contribution in [1.29, 1.82) is 0 Å². The van der Waals surface area contributed by atoms with Crippen LogP contribution in [0.25, 0.3) is 0 Å². The molecule has 2 heterocycles. The lowest BCUT2D eigenvalue weighted by Gasteiger charge is -2.37. The van der Waals surface area contributed by atoms with Gasteiger partial charge in [0.15, 0.2) is 5.76 Å². The highest BCUT2D eigenvalue weighted by Crippen LogP contribution is 2.35. The molecular formula is C13H20N2O3. The minimum Gasteiger partial charge on any atom is -0.481 e. The third kappa shape index (κ3) is 2.56. The van der Waals surface area contributed by atoms with Gasteiger partial charge in [-0.05, 0) is 39.3 Å². The summed E-state index contributed by atoms with van der Waals surface area (Å²) in [5.41, 5.74) is 0.365. The van der Waals surface area contributed by atoms with Crippen LogP contribution in [0.15, 0.2) is 10.6 Å². The maximum absolute atomic E-state index is 11.3. The normalized spacial score (nSPS) is 19.9. The number of hydrogen-bond donors (Lipinski definition) is 1. The second-order valence-corrected chi connectivity index (χ2v) is 5.15. The molecule has 5 nitrogen and oxygen atoms in total. The van der Waals surface area contributed by atoms with Gasteiger partial charge >= 0.3 is 5.97 Å². The highest BCUT2D eigenvalue weighted by Gasteiger charge is 2.39. The molecule has 0 spiro atoms. The average Bonchev–Trinajstić information content (AvgIpc) is 2.76. The number of rotatable bonds is 4. The summed E-state index contributed by atoms with van der Waals surface area (Å²) in [6.07, 6.45) is 2.13. The van der Waals surface area contributed by atoms with Crippen molar-refractivity contribution in [2.75, 3.05) is 13.1 Å². The summed E-state index contributed by atoms with van der Waals surface area (Å²) in [6.45, 7) is 6.19. The number of nitrogens with zero attached hydrogens (tertiary/aromatic N) is 2. The highest BCUT2D eigenvalue weighted by atomic mass is 16.5. The van der Waals surface area contributed by atoms with E-state index in [0.717, 1.165) is 31.1 Å². The van der Waals surface area contributed by atoms with Crippen LogP contribution in [-0.2, 0) is 11.3 Å². The first-order valence-corrected chi connectivity index (χ1v) is 6.44. The van der Waals surface area contributed by atoms with E-state index in [1.807, 2.05) is 19.9 Å². The zero-order valence-electron chi connectivity index (χ0n) is 11.0. The van der Waals surface area contributed by atoms with Gasteiger partial charge in [-0.15, -0.1) is 0 Å². The number of carbonyl (C=O) groups is 1. The third-order valence-electron chi connectivity index (χ3n) is 4.00. The molecule has 18 heavy (non-hydrogen) atoms. The van der Waals surface area contributed by atoms with Crippen LogP contribution in [0.1, 0.15) is 37.6 Å². The number of carboxylic acid groups (broad SMARTS) is 1. The van der Waals surface area contributed by atoms with Crippen molar-refractivity contribution >= 4 is 5.97 Å². The van der Waals surface area contributed by atoms with Gasteiger partial charge in [0.1, 0.15) is 0 Å². The van der Waals surface area contributed by atoms with Crippen LogP contribution in [0.3, 0.4) is 0 Å². The Morgan fingerprint density at radius 3 is 2.67 bits per heavy atom. The molecule has 1 N–H and O–H groups in total.